The van der Waals surface area contributed by atoms with E-state index < -0.39 is 0 Å². The van der Waals surface area contributed by atoms with Crippen LogP contribution in [-0.4, -0.2) is 19.3 Å². The smallest absolute Gasteiger partial charge is 0.122 e. The van der Waals surface area contributed by atoms with E-state index in [-0.39, 0.29) is 0 Å². The van der Waals surface area contributed by atoms with Crippen LogP contribution in [-0.2, 0) is 11.2 Å². The number of fused-ring (bicyclic) bond motifs is 4. The van der Waals surface area contributed by atoms with Crippen molar-refractivity contribution in [3.63, 3.8) is 0 Å². The van der Waals surface area contributed by atoms with Crippen LogP contribution in [0.15, 0.2) is 12.1 Å². The average molecular weight is 401 g/mol. The summed E-state index contributed by atoms with van der Waals surface area (Å²) in [4.78, 5) is 0. The van der Waals surface area contributed by atoms with E-state index in [4.69, 9.17) is 9.47 Å². The molecule has 2 heteroatoms. The Hall–Kier alpha value is -1.02. The molecule has 2 bridgehead atoms. The lowest BCUT2D eigenvalue weighted by molar-refractivity contribution is -0.159. The van der Waals surface area contributed by atoms with E-state index in [1.54, 1.807) is 0 Å². The summed E-state index contributed by atoms with van der Waals surface area (Å²) in [6.45, 7) is 20.5. The van der Waals surface area contributed by atoms with Crippen molar-refractivity contribution in [2.75, 3.05) is 13.2 Å². The SMILES string of the molecule is CC(C)C1C2CCC(OC2)C1C(C)C.CC(C)c1ccc2c(c1C(C)C)CCO2. The molecule has 3 aliphatic heterocycles. The summed E-state index contributed by atoms with van der Waals surface area (Å²) in [5.74, 6) is 6.53. The van der Waals surface area contributed by atoms with Crippen molar-refractivity contribution in [1.82, 2.24) is 0 Å². The highest BCUT2D eigenvalue weighted by Crippen LogP contribution is 2.48. The third-order valence-corrected chi connectivity index (χ3v) is 7.46. The Kier molecular flexibility index (Phi) is 7.36. The van der Waals surface area contributed by atoms with Crippen LogP contribution < -0.4 is 4.74 Å². The van der Waals surface area contributed by atoms with E-state index in [1.165, 1.54) is 29.5 Å². The zero-order valence-corrected chi connectivity index (χ0v) is 20.1. The van der Waals surface area contributed by atoms with Crippen molar-refractivity contribution in [3.05, 3.63) is 28.8 Å². The minimum atomic E-state index is 0.576. The quantitative estimate of drug-likeness (QED) is 0.531. The molecule has 29 heavy (non-hydrogen) atoms. The predicted molar refractivity (Wildman–Crippen MR) is 123 cm³/mol. The van der Waals surface area contributed by atoms with Gasteiger partial charge in [-0.1, -0.05) is 61.5 Å². The van der Waals surface area contributed by atoms with E-state index in [0.717, 1.165) is 55.0 Å². The molecule has 4 atom stereocenters. The summed E-state index contributed by atoms with van der Waals surface area (Å²) < 4.78 is 11.6. The normalized spacial score (nSPS) is 28.0. The second kappa shape index (κ2) is 9.41. The molecule has 0 N–H and O–H groups in total. The first-order valence-electron chi connectivity index (χ1n) is 12.1. The summed E-state index contributed by atoms with van der Waals surface area (Å²) in [6.07, 6.45) is 4.39. The van der Waals surface area contributed by atoms with Gasteiger partial charge in [-0.2, -0.15) is 0 Å². The first kappa shape index (κ1) is 22.7. The van der Waals surface area contributed by atoms with E-state index in [1.807, 2.05) is 0 Å². The van der Waals surface area contributed by atoms with Crippen molar-refractivity contribution < 1.29 is 9.47 Å². The molecule has 2 saturated heterocycles. The first-order chi connectivity index (χ1) is 13.7. The van der Waals surface area contributed by atoms with Crippen LogP contribution in [0.5, 0.6) is 5.75 Å². The number of hydrogen-bond donors (Lipinski definition) is 0. The number of hydrogen-bond acceptors (Lipinski definition) is 2. The molecule has 164 valence electrons. The van der Waals surface area contributed by atoms with Crippen LogP contribution in [0.3, 0.4) is 0 Å². The zero-order valence-electron chi connectivity index (χ0n) is 20.1. The lowest BCUT2D eigenvalue weighted by Gasteiger charge is -2.52. The molecule has 2 nitrogen and oxygen atoms in total. The van der Waals surface area contributed by atoms with Crippen molar-refractivity contribution in [2.45, 2.75) is 92.6 Å². The summed E-state index contributed by atoms with van der Waals surface area (Å²) in [6, 6.07) is 4.38. The predicted octanol–water partition coefficient (Wildman–Crippen LogP) is 7.21. The standard InChI is InChI=1S/C14H20O.C13H24O/c1-9(2)11-5-6-13-12(7-8-15-13)14(11)10(3)4;1-8(2)12-10-5-6-11(14-7-10)13(12)9(3)4/h5-6,9-10H,7-8H2,1-4H3;8-13H,5-7H2,1-4H3. The average Bonchev–Trinajstić information content (AvgIpc) is 3.16. The third-order valence-electron chi connectivity index (χ3n) is 7.46. The summed E-state index contributed by atoms with van der Waals surface area (Å²) in [7, 11) is 0. The Balaban J connectivity index is 0.000000166. The van der Waals surface area contributed by atoms with Crippen molar-refractivity contribution in [2.24, 2.45) is 29.6 Å². The van der Waals surface area contributed by atoms with Crippen molar-refractivity contribution in [1.29, 1.82) is 0 Å². The molecule has 1 aromatic carbocycles. The molecule has 5 rings (SSSR count). The molecule has 0 spiro atoms. The molecule has 0 radical (unpaired) electrons. The Morgan fingerprint density at radius 2 is 1.52 bits per heavy atom. The summed E-state index contributed by atoms with van der Waals surface area (Å²) >= 11 is 0. The number of benzene rings is 1. The van der Waals surface area contributed by atoms with Crippen molar-refractivity contribution in [3.8, 4) is 5.75 Å². The van der Waals surface area contributed by atoms with Gasteiger partial charge in [-0.3, -0.25) is 0 Å². The van der Waals surface area contributed by atoms with Gasteiger partial charge in [0, 0.05) is 12.0 Å². The van der Waals surface area contributed by atoms with Crippen LogP contribution >= 0.6 is 0 Å². The molecule has 0 amide bonds. The van der Waals surface area contributed by atoms with Gasteiger partial charge in [-0.25, -0.2) is 0 Å². The highest BCUT2D eigenvalue weighted by Gasteiger charge is 2.46. The molecule has 1 aliphatic carbocycles. The largest absolute Gasteiger partial charge is 0.493 e. The fourth-order valence-corrected chi connectivity index (χ4v) is 6.33. The van der Waals surface area contributed by atoms with Crippen molar-refractivity contribution >= 4 is 0 Å². The Morgan fingerprint density at radius 3 is 2.00 bits per heavy atom. The molecule has 1 aromatic rings. The van der Waals surface area contributed by atoms with Gasteiger partial charge in [0.15, 0.2) is 0 Å². The highest BCUT2D eigenvalue weighted by molar-refractivity contribution is 5.49. The second-order valence-corrected chi connectivity index (χ2v) is 10.8. The lowest BCUT2D eigenvalue weighted by Crippen LogP contribution is -2.51. The topological polar surface area (TPSA) is 18.5 Å². The van der Waals surface area contributed by atoms with Gasteiger partial charge in [-0.15, -0.1) is 0 Å². The first-order valence-corrected chi connectivity index (χ1v) is 12.1. The Morgan fingerprint density at radius 1 is 0.828 bits per heavy atom. The maximum atomic E-state index is 5.93. The van der Waals surface area contributed by atoms with Gasteiger partial charge >= 0.3 is 0 Å². The minimum absolute atomic E-state index is 0.576. The fourth-order valence-electron chi connectivity index (χ4n) is 6.33. The van der Waals surface area contributed by atoms with Crippen LogP contribution in [0.1, 0.15) is 96.8 Å². The van der Waals surface area contributed by atoms with Gasteiger partial charge in [-0.05, 0) is 71.5 Å². The Bertz CT molecular complexity index is 643. The molecule has 3 fully saturated rings. The Labute approximate surface area is 179 Å². The van der Waals surface area contributed by atoms with Gasteiger partial charge in [0.2, 0.25) is 0 Å². The number of rotatable bonds is 4. The maximum absolute atomic E-state index is 5.93. The van der Waals surface area contributed by atoms with Crippen LogP contribution in [0.4, 0.5) is 0 Å². The lowest BCUT2D eigenvalue weighted by atomic mass is 9.61. The molecule has 0 aromatic heterocycles. The summed E-state index contributed by atoms with van der Waals surface area (Å²) in [5, 5.41) is 0. The van der Waals surface area contributed by atoms with E-state index in [0.29, 0.717) is 17.9 Å². The fraction of sp³-hybridized carbons (Fsp3) is 0.778. The van der Waals surface area contributed by atoms with Crippen LogP contribution in [0, 0.1) is 29.6 Å². The monoisotopic (exact) mass is 400 g/mol. The molecule has 1 saturated carbocycles. The summed E-state index contributed by atoms with van der Waals surface area (Å²) in [5.41, 5.74) is 4.48. The van der Waals surface area contributed by atoms with E-state index in [2.05, 4.69) is 67.5 Å². The van der Waals surface area contributed by atoms with Gasteiger partial charge in [0.1, 0.15) is 5.75 Å². The highest BCUT2D eigenvalue weighted by atomic mass is 16.5. The van der Waals surface area contributed by atoms with Gasteiger partial charge in [0.25, 0.3) is 0 Å². The van der Waals surface area contributed by atoms with Gasteiger partial charge < -0.3 is 9.47 Å². The van der Waals surface area contributed by atoms with E-state index in [9.17, 15) is 0 Å². The zero-order chi connectivity index (χ0) is 21.3. The molecule has 4 unspecified atom stereocenters. The maximum Gasteiger partial charge on any atom is 0.122 e. The molecule has 3 heterocycles. The molecular weight excluding hydrogens is 356 g/mol. The minimum Gasteiger partial charge on any atom is -0.493 e. The van der Waals surface area contributed by atoms with Crippen LogP contribution in [0.25, 0.3) is 0 Å². The molecular formula is C27H44O2. The molecule has 4 aliphatic rings. The number of ether oxygens (including phenoxy) is 2. The second-order valence-electron chi connectivity index (χ2n) is 10.8. The van der Waals surface area contributed by atoms with Gasteiger partial charge in [0.05, 0.1) is 19.3 Å². The van der Waals surface area contributed by atoms with Crippen LogP contribution in [0.2, 0.25) is 0 Å². The third kappa shape index (κ3) is 4.68. The van der Waals surface area contributed by atoms with E-state index >= 15 is 0 Å².